The highest BCUT2D eigenvalue weighted by Gasteiger charge is 2.18. The Morgan fingerprint density at radius 2 is 0.683 bits per heavy atom. The van der Waals surface area contributed by atoms with Crippen molar-refractivity contribution >= 4 is 41.4 Å². The summed E-state index contributed by atoms with van der Waals surface area (Å²) in [5.74, 6) is 3.86. The van der Waals surface area contributed by atoms with Crippen LogP contribution in [0.15, 0.2) is 0 Å². The monoisotopic (exact) mass is 886 g/mol. The second-order valence-corrected chi connectivity index (χ2v) is 20.1. The van der Waals surface area contributed by atoms with Gasteiger partial charge in [-0.15, -0.1) is 0 Å². The van der Waals surface area contributed by atoms with Crippen LogP contribution in [0.1, 0.15) is 246 Å². The number of ether oxygens (including phenoxy) is 3. The molecule has 7 nitrogen and oxygen atoms in total. The molecule has 0 saturated carbocycles. The molecular formula is C51H99NO6S2. The van der Waals surface area contributed by atoms with Gasteiger partial charge in [0.1, 0.15) is 18.3 Å². The van der Waals surface area contributed by atoms with Crippen molar-refractivity contribution in [1.29, 1.82) is 0 Å². The fourth-order valence-electron chi connectivity index (χ4n) is 7.52. The molecule has 0 aliphatic carbocycles. The van der Waals surface area contributed by atoms with Gasteiger partial charge < -0.3 is 19.1 Å². The van der Waals surface area contributed by atoms with E-state index in [1.54, 1.807) is 0 Å². The smallest absolute Gasteiger partial charge is 0.306 e. The van der Waals surface area contributed by atoms with E-state index in [1.807, 2.05) is 37.6 Å². The van der Waals surface area contributed by atoms with Crippen molar-refractivity contribution < 1.29 is 28.6 Å². The van der Waals surface area contributed by atoms with Crippen molar-refractivity contribution in [1.82, 2.24) is 4.90 Å². The Labute approximate surface area is 381 Å². The molecule has 2 unspecified atom stereocenters. The third-order valence-electron chi connectivity index (χ3n) is 11.3. The average Bonchev–Trinajstić information content (AvgIpc) is 3.22. The van der Waals surface area contributed by atoms with Gasteiger partial charge in [-0.05, 0) is 116 Å². The van der Waals surface area contributed by atoms with Crippen molar-refractivity contribution in [2.45, 2.75) is 264 Å². The average molecular weight is 886 g/mol. The van der Waals surface area contributed by atoms with Gasteiger partial charge in [0.2, 0.25) is 0 Å². The van der Waals surface area contributed by atoms with Crippen LogP contribution >= 0.6 is 23.5 Å². The summed E-state index contributed by atoms with van der Waals surface area (Å²) in [7, 11) is 4.08. The number of nitrogens with zero attached hydrogens (tertiary/aromatic N) is 1. The third-order valence-corrected chi connectivity index (χ3v) is 13.7. The van der Waals surface area contributed by atoms with E-state index < -0.39 is 0 Å². The van der Waals surface area contributed by atoms with Crippen LogP contribution in [0, 0.1) is 0 Å². The van der Waals surface area contributed by atoms with Crippen molar-refractivity contribution in [2.24, 2.45) is 0 Å². The van der Waals surface area contributed by atoms with Crippen LogP contribution in [-0.4, -0.2) is 84.8 Å². The molecule has 356 valence electrons. The zero-order valence-electron chi connectivity index (χ0n) is 40.5. The molecule has 0 radical (unpaired) electrons. The first-order chi connectivity index (χ1) is 29.2. The number of rotatable bonds is 47. The van der Waals surface area contributed by atoms with Crippen LogP contribution in [0.2, 0.25) is 0 Å². The molecule has 0 aromatic rings. The quantitative estimate of drug-likeness (QED) is 0.0337. The predicted molar refractivity (Wildman–Crippen MR) is 263 cm³/mol. The van der Waals surface area contributed by atoms with Gasteiger partial charge in [-0.25, -0.2) is 0 Å². The maximum absolute atomic E-state index is 12.8. The van der Waals surface area contributed by atoms with Crippen molar-refractivity contribution in [2.75, 3.05) is 43.7 Å². The number of unbranched alkanes of at least 4 members (excludes halogenated alkanes) is 20. The maximum Gasteiger partial charge on any atom is 0.306 e. The van der Waals surface area contributed by atoms with Gasteiger partial charge >= 0.3 is 17.9 Å². The molecule has 0 aliphatic rings. The molecule has 0 aliphatic heterocycles. The lowest BCUT2D eigenvalue weighted by Crippen LogP contribution is -2.21. The van der Waals surface area contributed by atoms with Crippen LogP contribution in [0.3, 0.4) is 0 Å². The minimum atomic E-state index is -0.0556. The molecule has 0 spiro atoms. The molecule has 0 amide bonds. The van der Waals surface area contributed by atoms with E-state index in [0.29, 0.717) is 19.3 Å². The van der Waals surface area contributed by atoms with Crippen molar-refractivity contribution in [3.8, 4) is 0 Å². The van der Waals surface area contributed by atoms with Gasteiger partial charge in [-0.3, -0.25) is 14.4 Å². The normalized spacial score (nSPS) is 13.1. The van der Waals surface area contributed by atoms with Crippen LogP contribution in [0.5, 0.6) is 0 Å². The lowest BCUT2D eigenvalue weighted by molar-refractivity contribution is -0.150. The number of carbonyl (C=O) groups is 3. The van der Waals surface area contributed by atoms with Gasteiger partial charge in [0.15, 0.2) is 0 Å². The highest BCUT2D eigenvalue weighted by Crippen LogP contribution is 2.21. The summed E-state index contributed by atoms with van der Waals surface area (Å²) in [6.07, 6.45) is 36.7. The van der Waals surface area contributed by atoms with Gasteiger partial charge in [-0.2, -0.15) is 23.5 Å². The first-order valence-electron chi connectivity index (χ1n) is 25.6. The number of carbonyl (C=O) groups excluding carboxylic acids is 3. The van der Waals surface area contributed by atoms with E-state index in [2.05, 4.69) is 32.6 Å². The summed E-state index contributed by atoms with van der Waals surface area (Å²) < 4.78 is 18.1. The second-order valence-electron chi connectivity index (χ2n) is 17.8. The van der Waals surface area contributed by atoms with Crippen molar-refractivity contribution in [3.05, 3.63) is 0 Å². The topological polar surface area (TPSA) is 82.1 Å². The first kappa shape index (κ1) is 59.1. The molecule has 0 rings (SSSR count). The largest absolute Gasteiger partial charge is 0.462 e. The molecule has 0 fully saturated rings. The summed E-state index contributed by atoms with van der Waals surface area (Å²) in [5.41, 5.74) is 0. The first-order valence-corrected chi connectivity index (χ1v) is 27.9. The highest BCUT2D eigenvalue weighted by atomic mass is 32.2. The van der Waals surface area contributed by atoms with E-state index in [1.165, 1.54) is 89.9 Å². The van der Waals surface area contributed by atoms with Crippen LogP contribution in [-0.2, 0) is 28.6 Å². The zero-order chi connectivity index (χ0) is 44.2. The van der Waals surface area contributed by atoms with E-state index in [9.17, 15) is 14.4 Å². The van der Waals surface area contributed by atoms with Gasteiger partial charge in [0.05, 0.1) is 0 Å². The summed E-state index contributed by atoms with van der Waals surface area (Å²) in [5, 5.41) is 0. The highest BCUT2D eigenvalue weighted by molar-refractivity contribution is 7.99. The minimum absolute atomic E-state index is 0.00530. The molecule has 2 atom stereocenters. The van der Waals surface area contributed by atoms with E-state index in [0.717, 1.165) is 139 Å². The molecular weight excluding hydrogens is 787 g/mol. The standard InChI is InChI=1S/C51H99NO6S2/c1-7-11-15-19-21-29-38-49(53)57-47(36-25-17-13-9-3)44-59-42-31-23-27-34-46(56-51(55)40-33-41-52(5)6)35-28-24-32-43-60-45-48(37-26-18-14-10-4)58-50(54)39-30-22-20-16-12-8-2/h46-48H,7-45H2,1-6H3. The lowest BCUT2D eigenvalue weighted by Gasteiger charge is -2.19. The van der Waals surface area contributed by atoms with Gasteiger partial charge in [0, 0.05) is 30.8 Å². The molecule has 0 saturated heterocycles. The zero-order valence-corrected chi connectivity index (χ0v) is 42.2. The predicted octanol–water partition coefficient (Wildman–Crippen LogP) is 15.1. The Hall–Kier alpha value is -0.930. The summed E-state index contributed by atoms with van der Waals surface area (Å²) >= 11 is 3.86. The number of thioether (sulfide) groups is 2. The summed E-state index contributed by atoms with van der Waals surface area (Å²) in [4.78, 5) is 40.2. The van der Waals surface area contributed by atoms with E-state index in [4.69, 9.17) is 14.2 Å². The SMILES string of the molecule is CCCCCCCCC(=O)OC(CCCCCC)CSCCCCCC(CCCCCSCC(CCCCCC)OC(=O)CCCCCCCC)OC(=O)CCCN(C)C. The fraction of sp³-hybridized carbons (Fsp3) is 0.941. The maximum atomic E-state index is 12.8. The van der Waals surface area contributed by atoms with E-state index in [-0.39, 0.29) is 36.2 Å². The van der Waals surface area contributed by atoms with Crippen molar-refractivity contribution in [3.63, 3.8) is 0 Å². The summed E-state index contributed by atoms with van der Waals surface area (Å²) in [6.45, 7) is 9.83. The molecule has 0 bridgehead atoms. The molecule has 60 heavy (non-hydrogen) atoms. The third kappa shape index (κ3) is 42.4. The van der Waals surface area contributed by atoms with Crippen LogP contribution in [0.25, 0.3) is 0 Å². The fourth-order valence-corrected chi connectivity index (χ4v) is 9.67. The minimum Gasteiger partial charge on any atom is -0.462 e. The number of hydrogen-bond donors (Lipinski definition) is 0. The Balaban J connectivity index is 4.72. The molecule has 0 heterocycles. The molecule has 0 aromatic carbocycles. The van der Waals surface area contributed by atoms with Crippen LogP contribution < -0.4 is 0 Å². The van der Waals surface area contributed by atoms with Gasteiger partial charge in [0.25, 0.3) is 0 Å². The van der Waals surface area contributed by atoms with Crippen LogP contribution in [0.4, 0.5) is 0 Å². The molecule has 0 aromatic heterocycles. The molecule has 9 heteroatoms. The van der Waals surface area contributed by atoms with Gasteiger partial charge in [-0.1, -0.05) is 143 Å². The lowest BCUT2D eigenvalue weighted by atomic mass is 10.0. The Morgan fingerprint density at radius 1 is 0.383 bits per heavy atom. The van der Waals surface area contributed by atoms with E-state index >= 15 is 0 Å². The Kier molecular flexibility index (Phi) is 45.4. The molecule has 0 N–H and O–H groups in total. The summed E-state index contributed by atoms with van der Waals surface area (Å²) in [6, 6.07) is 0. The number of esters is 3. The second kappa shape index (κ2) is 46.1. The Morgan fingerprint density at radius 3 is 1.07 bits per heavy atom. The Bertz CT molecular complexity index is 893. The number of hydrogen-bond acceptors (Lipinski definition) is 9.